The Morgan fingerprint density at radius 2 is 1.24 bits per heavy atom. The fraction of sp³-hybridized carbons (Fsp3) is 0.0909. The molecule has 1 atom stereocenters. The van der Waals surface area contributed by atoms with Crippen LogP contribution in [-0.2, 0) is 11.2 Å². The van der Waals surface area contributed by atoms with Crippen LogP contribution in [0.2, 0.25) is 0 Å². The van der Waals surface area contributed by atoms with Crippen LogP contribution in [0.25, 0.3) is 0 Å². The summed E-state index contributed by atoms with van der Waals surface area (Å²) in [6, 6.07) is 27.2. The molecule has 3 nitrogen and oxygen atoms in total. The zero-order valence-corrected chi connectivity index (χ0v) is 13.7. The van der Waals surface area contributed by atoms with E-state index in [0.717, 1.165) is 5.56 Å². The molecular formula is C22H18O3. The van der Waals surface area contributed by atoms with E-state index in [9.17, 15) is 9.59 Å². The molecule has 0 aliphatic carbocycles. The van der Waals surface area contributed by atoms with Crippen LogP contribution in [0.1, 0.15) is 15.9 Å². The van der Waals surface area contributed by atoms with Crippen LogP contribution < -0.4 is 4.74 Å². The van der Waals surface area contributed by atoms with E-state index >= 15 is 0 Å². The van der Waals surface area contributed by atoms with Gasteiger partial charge in [-0.15, -0.1) is 0 Å². The molecule has 0 aromatic heterocycles. The molecule has 0 fully saturated rings. The molecule has 0 radical (unpaired) electrons. The average Bonchev–Trinajstić information content (AvgIpc) is 2.68. The number of ketones is 1. The van der Waals surface area contributed by atoms with Gasteiger partial charge in [0, 0.05) is 5.56 Å². The van der Waals surface area contributed by atoms with Gasteiger partial charge in [-0.05, 0) is 24.1 Å². The Morgan fingerprint density at radius 1 is 0.720 bits per heavy atom. The second kappa shape index (κ2) is 8.06. The monoisotopic (exact) mass is 330 g/mol. The third-order valence-corrected chi connectivity index (χ3v) is 3.90. The zero-order chi connectivity index (χ0) is 17.5. The van der Waals surface area contributed by atoms with Crippen LogP contribution >= 0.6 is 0 Å². The van der Waals surface area contributed by atoms with Crippen molar-refractivity contribution in [3.63, 3.8) is 0 Å². The fourth-order valence-electron chi connectivity index (χ4n) is 2.61. The second-order valence-corrected chi connectivity index (χ2v) is 5.71. The van der Waals surface area contributed by atoms with Crippen LogP contribution in [0, 0.1) is 5.92 Å². The summed E-state index contributed by atoms with van der Waals surface area (Å²) in [6.07, 6.45) is 0.306. The van der Waals surface area contributed by atoms with E-state index in [2.05, 4.69) is 0 Å². The van der Waals surface area contributed by atoms with Gasteiger partial charge >= 0.3 is 5.97 Å². The zero-order valence-electron chi connectivity index (χ0n) is 13.7. The Labute approximate surface area is 146 Å². The number of esters is 1. The molecule has 1 unspecified atom stereocenters. The van der Waals surface area contributed by atoms with Crippen molar-refractivity contribution in [2.75, 3.05) is 0 Å². The van der Waals surface area contributed by atoms with Gasteiger partial charge in [-0.25, -0.2) is 0 Å². The van der Waals surface area contributed by atoms with Crippen LogP contribution in [0.4, 0.5) is 0 Å². The lowest BCUT2D eigenvalue weighted by molar-refractivity contribution is -0.137. The highest BCUT2D eigenvalue weighted by Gasteiger charge is 2.29. The van der Waals surface area contributed by atoms with E-state index in [1.54, 1.807) is 48.5 Å². The first-order valence-corrected chi connectivity index (χ1v) is 8.14. The number of para-hydroxylation sites is 1. The van der Waals surface area contributed by atoms with Crippen molar-refractivity contribution in [3.05, 3.63) is 102 Å². The van der Waals surface area contributed by atoms with Gasteiger partial charge in [0.15, 0.2) is 5.78 Å². The number of carbonyl (C=O) groups excluding carboxylic acids is 2. The minimum atomic E-state index is -0.884. The van der Waals surface area contributed by atoms with Gasteiger partial charge in [0.1, 0.15) is 11.7 Å². The molecule has 3 rings (SSSR count). The summed E-state index contributed by atoms with van der Waals surface area (Å²) >= 11 is 0. The molecule has 0 bridgehead atoms. The van der Waals surface area contributed by atoms with E-state index < -0.39 is 11.9 Å². The maximum Gasteiger partial charge on any atom is 0.322 e. The topological polar surface area (TPSA) is 43.4 Å². The normalized spacial score (nSPS) is 11.5. The third-order valence-electron chi connectivity index (χ3n) is 3.90. The highest BCUT2D eigenvalue weighted by Crippen LogP contribution is 2.19. The minimum absolute atomic E-state index is 0.231. The van der Waals surface area contributed by atoms with E-state index in [0.29, 0.717) is 17.7 Å². The maximum absolute atomic E-state index is 12.9. The van der Waals surface area contributed by atoms with E-state index in [1.807, 2.05) is 42.5 Å². The molecule has 0 saturated heterocycles. The van der Waals surface area contributed by atoms with Gasteiger partial charge < -0.3 is 4.74 Å². The van der Waals surface area contributed by atoms with Crippen molar-refractivity contribution in [3.8, 4) is 5.75 Å². The molecule has 0 aliphatic heterocycles. The van der Waals surface area contributed by atoms with Crippen LogP contribution in [0.3, 0.4) is 0 Å². The summed E-state index contributed by atoms with van der Waals surface area (Å²) in [6.45, 7) is 0. The van der Waals surface area contributed by atoms with E-state index in [1.165, 1.54) is 0 Å². The predicted octanol–water partition coefficient (Wildman–Crippen LogP) is 4.33. The molecule has 0 aliphatic rings. The second-order valence-electron chi connectivity index (χ2n) is 5.71. The Balaban J connectivity index is 1.85. The highest BCUT2D eigenvalue weighted by atomic mass is 16.5. The van der Waals surface area contributed by atoms with Gasteiger partial charge in [-0.1, -0.05) is 78.9 Å². The molecule has 0 amide bonds. The minimum Gasteiger partial charge on any atom is -0.426 e. The quantitative estimate of drug-likeness (QED) is 0.292. The summed E-state index contributed by atoms with van der Waals surface area (Å²) in [7, 11) is 0. The molecule has 3 heteroatoms. The average molecular weight is 330 g/mol. The van der Waals surface area contributed by atoms with Crippen molar-refractivity contribution in [1.82, 2.24) is 0 Å². The van der Waals surface area contributed by atoms with Gasteiger partial charge in [-0.3, -0.25) is 9.59 Å². The molecule has 25 heavy (non-hydrogen) atoms. The van der Waals surface area contributed by atoms with Crippen molar-refractivity contribution >= 4 is 11.8 Å². The fourth-order valence-corrected chi connectivity index (χ4v) is 2.61. The molecule has 0 spiro atoms. The highest BCUT2D eigenvalue weighted by molar-refractivity contribution is 6.09. The molecule has 3 aromatic carbocycles. The standard InChI is InChI=1S/C22H18O3/c23-21(18-12-6-2-7-13-18)20(16-17-10-4-1-5-11-17)22(24)25-19-14-8-3-9-15-19/h1-15,20H,16H2. The smallest absolute Gasteiger partial charge is 0.322 e. The lowest BCUT2D eigenvalue weighted by Gasteiger charge is -2.15. The van der Waals surface area contributed by atoms with E-state index in [-0.39, 0.29) is 5.78 Å². The number of rotatable bonds is 6. The number of hydrogen-bond donors (Lipinski definition) is 0. The van der Waals surface area contributed by atoms with E-state index in [4.69, 9.17) is 4.74 Å². The van der Waals surface area contributed by atoms with Crippen molar-refractivity contribution in [1.29, 1.82) is 0 Å². The number of benzene rings is 3. The van der Waals surface area contributed by atoms with Crippen molar-refractivity contribution < 1.29 is 14.3 Å². The summed E-state index contributed by atoms with van der Waals surface area (Å²) < 4.78 is 5.43. The lowest BCUT2D eigenvalue weighted by Crippen LogP contribution is -2.30. The summed E-state index contributed by atoms with van der Waals surface area (Å²) in [5, 5.41) is 0. The predicted molar refractivity (Wildman–Crippen MR) is 96.5 cm³/mol. The summed E-state index contributed by atoms with van der Waals surface area (Å²) in [5.41, 5.74) is 1.43. The van der Waals surface area contributed by atoms with Gasteiger partial charge in [-0.2, -0.15) is 0 Å². The lowest BCUT2D eigenvalue weighted by atomic mass is 9.91. The molecule has 0 N–H and O–H groups in total. The van der Waals surface area contributed by atoms with Crippen molar-refractivity contribution in [2.24, 2.45) is 5.92 Å². The molecular weight excluding hydrogens is 312 g/mol. The first-order valence-electron chi connectivity index (χ1n) is 8.14. The number of hydrogen-bond acceptors (Lipinski definition) is 3. The van der Waals surface area contributed by atoms with Gasteiger partial charge in [0.2, 0.25) is 0 Å². The Morgan fingerprint density at radius 3 is 1.84 bits per heavy atom. The van der Waals surface area contributed by atoms with Crippen LogP contribution in [0.5, 0.6) is 5.75 Å². The van der Waals surface area contributed by atoms with Gasteiger partial charge in [0.05, 0.1) is 0 Å². The first kappa shape index (κ1) is 16.7. The van der Waals surface area contributed by atoms with Crippen LogP contribution in [0.15, 0.2) is 91.0 Å². The van der Waals surface area contributed by atoms with Crippen LogP contribution in [-0.4, -0.2) is 11.8 Å². The van der Waals surface area contributed by atoms with Crippen molar-refractivity contribution in [2.45, 2.75) is 6.42 Å². The molecule has 0 heterocycles. The number of Topliss-reactive ketones (excluding diaryl/α,β-unsaturated/α-hetero) is 1. The Bertz CT molecular complexity index is 827. The summed E-state index contributed by atoms with van der Waals surface area (Å²) in [4.78, 5) is 25.6. The SMILES string of the molecule is O=C(Oc1ccccc1)C(Cc1ccccc1)C(=O)c1ccccc1. The van der Waals surface area contributed by atoms with Gasteiger partial charge in [0.25, 0.3) is 0 Å². The number of ether oxygens (including phenoxy) is 1. The summed E-state index contributed by atoms with van der Waals surface area (Å²) in [5.74, 6) is -1.22. The Kier molecular flexibility index (Phi) is 5.37. The largest absolute Gasteiger partial charge is 0.426 e. The maximum atomic E-state index is 12.9. The third kappa shape index (κ3) is 4.42. The molecule has 3 aromatic rings. The molecule has 0 saturated carbocycles. The number of carbonyl (C=O) groups is 2. The molecule has 124 valence electrons. The first-order chi connectivity index (χ1) is 12.2. The Hall–Kier alpha value is -3.20.